The first kappa shape index (κ1) is 12.7. The van der Waals surface area contributed by atoms with Gasteiger partial charge in [-0.15, -0.1) is 0 Å². The van der Waals surface area contributed by atoms with Gasteiger partial charge >= 0.3 is 5.97 Å². The van der Waals surface area contributed by atoms with E-state index in [1.54, 1.807) is 0 Å². The van der Waals surface area contributed by atoms with Gasteiger partial charge in [-0.25, -0.2) is 4.79 Å². The average molecular weight is 231 g/mol. The predicted octanol–water partition coefficient (Wildman–Crippen LogP) is -0.0394. The molecule has 1 N–H and O–H groups in total. The van der Waals surface area contributed by atoms with E-state index < -0.39 is 30.5 Å². The lowest BCUT2D eigenvalue weighted by Crippen LogP contribution is -2.51. The zero-order chi connectivity index (χ0) is 12.1. The van der Waals surface area contributed by atoms with Crippen molar-refractivity contribution >= 4 is 5.97 Å². The summed E-state index contributed by atoms with van der Waals surface area (Å²) in [6.07, 6.45) is -2.94. The van der Waals surface area contributed by atoms with Crippen LogP contribution in [-0.4, -0.2) is 49.8 Å². The Labute approximate surface area is 91.7 Å². The first-order chi connectivity index (χ1) is 7.63. The van der Waals surface area contributed by atoms with Crippen LogP contribution >= 0.6 is 0 Å². The van der Waals surface area contributed by atoms with E-state index in [0.29, 0.717) is 0 Å². The Morgan fingerprint density at radius 1 is 1.62 bits per heavy atom. The molecule has 0 aromatic carbocycles. The maximum absolute atomic E-state index is 11.3. The van der Waals surface area contributed by atoms with Crippen molar-refractivity contribution in [3.8, 4) is 0 Å². The van der Waals surface area contributed by atoms with Gasteiger partial charge in [0.1, 0.15) is 0 Å². The standard InChI is InChI=1S/C8H13N3O5/c1-14-5-3-4(10-11-9)6(12)7(16-5)8(13)15-2/h4-7,12H,3H2,1-2H3/t4-,5-,6-,7+/m0/s1. The first-order valence-corrected chi connectivity index (χ1v) is 4.62. The third-order valence-corrected chi connectivity index (χ3v) is 2.33. The number of aliphatic hydroxyl groups is 1. The average Bonchev–Trinajstić information content (AvgIpc) is 2.31. The van der Waals surface area contributed by atoms with Gasteiger partial charge in [-0.1, -0.05) is 5.11 Å². The van der Waals surface area contributed by atoms with Gasteiger partial charge in [0.05, 0.1) is 19.3 Å². The van der Waals surface area contributed by atoms with Gasteiger partial charge in [0, 0.05) is 18.4 Å². The van der Waals surface area contributed by atoms with Crippen LogP contribution in [0, 0.1) is 0 Å². The van der Waals surface area contributed by atoms with E-state index in [2.05, 4.69) is 14.8 Å². The minimum atomic E-state index is -1.23. The van der Waals surface area contributed by atoms with Crippen LogP contribution in [0.1, 0.15) is 6.42 Å². The molecule has 0 amide bonds. The molecule has 0 aromatic rings. The minimum Gasteiger partial charge on any atom is -0.467 e. The number of hydrogen-bond donors (Lipinski definition) is 1. The van der Waals surface area contributed by atoms with E-state index in [0.717, 1.165) is 0 Å². The summed E-state index contributed by atoms with van der Waals surface area (Å²) in [4.78, 5) is 13.9. The van der Waals surface area contributed by atoms with Gasteiger partial charge in [-0.05, 0) is 5.53 Å². The van der Waals surface area contributed by atoms with Crippen LogP contribution in [0.3, 0.4) is 0 Å². The van der Waals surface area contributed by atoms with Crippen LogP contribution in [0.4, 0.5) is 0 Å². The highest BCUT2D eigenvalue weighted by Gasteiger charge is 2.42. The molecule has 1 rings (SSSR count). The zero-order valence-corrected chi connectivity index (χ0v) is 8.94. The normalized spacial score (nSPS) is 33.9. The summed E-state index contributed by atoms with van der Waals surface area (Å²) in [6.45, 7) is 0. The Bertz CT molecular complexity index is 304. The van der Waals surface area contributed by atoms with Crippen molar-refractivity contribution < 1.29 is 24.1 Å². The van der Waals surface area contributed by atoms with E-state index in [1.165, 1.54) is 14.2 Å². The van der Waals surface area contributed by atoms with Crippen LogP contribution in [0.2, 0.25) is 0 Å². The summed E-state index contributed by atoms with van der Waals surface area (Å²) >= 11 is 0. The second-order valence-corrected chi connectivity index (χ2v) is 3.24. The fraction of sp³-hybridized carbons (Fsp3) is 0.875. The molecule has 4 atom stereocenters. The van der Waals surface area contributed by atoms with Crippen molar-refractivity contribution in [2.75, 3.05) is 14.2 Å². The number of azide groups is 1. The topological polar surface area (TPSA) is 114 Å². The Morgan fingerprint density at radius 2 is 2.31 bits per heavy atom. The van der Waals surface area contributed by atoms with Crippen LogP contribution in [0.5, 0.6) is 0 Å². The monoisotopic (exact) mass is 231 g/mol. The third kappa shape index (κ3) is 2.61. The van der Waals surface area contributed by atoms with Crippen molar-refractivity contribution in [2.24, 2.45) is 5.11 Å². The van der Waals surface area contributed by atoms with Gasteiger partial charge in [0.25, 0.3) is 0 Å². The van der Waals surface area contributed by atoms with E-state index >= 15 is 0 Å². The summed E-state index contributed by atoms with van der Waals surface area (Å²) in [5.41, 5.74) is 8.33. The molecule has 1 heterocycles. The molecule has 1 fully saturated rings. The Balaban J connectivity index is 2.83. The molecule has 8 nitrogen and oxygen atoms in total. The number of rotatable bonds is 3. The van der Waals surface area contributed by atoms with Crippen molar-refractivity contribution in [3.63, 3.8) is 0 Å². The Morgan fingerprint density at radius 3 is 2.81 bits per heavy atom. The molecule has 0 radical (unpaired) electrons. The maximum Gasteiger partial charge on any atom is 0.337 e. The van der Waals surface area contributed by atoms with Crippen LogP contribution in [0.25, 0.3) is 10.4 Å². The van der Waals surface area contributed by atoms with Crippen molar-refractivity contribution in [1.82, 2.24) is 0 Å². The lowest BCUT2D eigenvalue weighted by molar-refractivity contribution is -0.225. The van der Waals surface area contributed by atoms with Crippen LogP contribution in [-0.2, 0) is 19.0 Å². The smallest absolute Gasteiger partial charge is 0.337 e. The van der Waals surface area contributed by atoms with E-state index in [9.17, 15) is 9.90 Å². The molecule has 90 valence electrons. The lowest BCUT2D eigenvalue weighted by atomic mass is 9.99. The number of esters is 1. The molecular formula is C8H13N3O5. The molecule has 0 bridgehead atoms. The number of carbonyl (C=O) groups excluding carboxylic acids is 1. The highest BCUT2D eigenvalue weighted by molar-refractivity contribution is 5.75. The minimum absolute atomic E-state index is 0.190. The SMILES string of the molecule is COC(=O)[C@@H]1O[C@H](OC)C[C@H](N=[N+]=[N-])[C@@H]1O. The van der Waals surface area contributed by atoms with Crippen molar-refractivity contribution in [1.29, 1.82) is 0 Å². The van der Waals surface area contributed by atoms with E-state index in [4.69, 9.17) is 15.0 Å². The van der Waals surface area contributed by atoms with Gasteiger partial charge in [0.2, 0.25) is 0 Å². The number of ether oxygens (including phenoxy) is 3. The van der Waals surface area contributed by atoms with E-state index in [1.807, 2.05) is 0 Å². The highest BCUT2D eigenvalue weighted by Crippen LogP contribution is 2.24. The molecule has 8 heteroatoms. The number of methoxy groups -OCH3 is 2. The molecule has 0 spiro atoms. The summed E-state index contributed by atoms with van der Waals surface area (Å²) < 4.78 is 14.5. The van der Waals surface area contributed by atoms with Crippen molar-refractivity contribution in [3.05, 3.63) is 10.4 Å². The van der Waals surface area contributed by atoms with Crippen LogP contribution in [0.15, 0.2) is 5.11 Å². The summed E-state index contributed by atoms with van der Waals surface area (Å²) in [6, 6.07) is -0.771. The van der Waals surface area contributed by atoms with Gasteiger partial charge in [-0.2, -0.15) is 0 Å². The van der Waals surface area contributed by atoms with Crippen molar-refractivity contribution in [2.45, 2.75) is 31.0 Å². The summed E-state index contributed by atoms with van der Waals surface area (Å²) in [7, 11) is 2.57. The fourth-order valence-electron chi connectivity index (χ4n) is 1.48. The van der Waals surface area contributed by atoms with Gasteiger partial charge < -0.3 is 19.3 Å². The molecule has 0 saturated carbocycles. The fourth-order valence-corrected chi connectivity index (χ4v) is 1.48. The van der Waals surface area contributed by atoms with Crippen LogP contribution < -0.4 is 0 Å². The largest absolute Gasteiger partial charge is 0.467 e. The summed E-state index contributed by atoms with van der Waals surface area (Å²) in [5, 5.41) is 13.1. The molecular weight excluding hydrogens is 218 g/mol. The highest BCUT2D eigenvalue weighted by atomic mass is 16.7. The molecule has 1 aliphatic rings. The molecule has 0 aromatic heterocycles. The summed E-state index contributed by atoms with van der Waals surface area (Å²) in [5.74, 6) is -0.729. The Kier molecular flexibility index (Phi) is 4.51. The lowest BCUT2D eigenvalue weighted by Gasteiger charge is -2.35. The first-order valence-electron chi connectivity index (χ1n) is 4.62. The third-order valence-electron chi connectivity index (χ3n) is 2.33. The number of nitrogens with zero attached hydrogens (tertiary/aromatic N) is 3. The quantitative estimate of drug-likeness (QED) is 0.317. The number of carbonyl (C=O) groups is 1. The molecule has 0 aliphatic carbocycles. The van der Waals surface area contributed by atoms with Gasteiger partial charge in [0.15, 0.2) is 12.4 Å². The number of aliphatic hydroxyl groups excluding tert-OH is 1. The number of hydrogen-bond acceptors (Lipinski definition) is 6. The van der Waals surface area contributed by atoms with Gasteiger partial charge in [-0.3, -0.25) is 0 Å². The molecule has 0 unspecified atom stereocenters. The molecule has 16 heavy (non-hydrogen) atoms. The zero-order valence-electron chi connectivity index (χ0n) is 8.94. The molecule has 1 aliphatic heterocycles. The second-order valence-electron chi connectivity index (χ2n) is 3.24. The predicted molar refractivity (Wildman–Crippen MR) is 51.2 cm³/mol. The molecule has 1 saturated heterocycles. The van der Waals surface area contributed by atoms with E-state index in [-0.39, 0.29) is 6.42 Å². The second kappa shape index (κ2) is 5.66. The maximum atomic E-state index is 11.3. The Hall–Kier alpha value is -1.34.